The zero-order valence-electron chi connectivity index (χ0n) is 23.2. The summed E-state index contributed by atoms with van der Waals surface area (Å²) in [5.41, 5.74) is 2.99. The van der Waals surface area contributed by atoms with Crippen LogP contribution in [0.3, 0.4) is 0 Å². The van der Waals surface area contributed by atoms with Gasteiger partial charge in [-0.25, -0.2) is 8.78 Å². The largest absolute Gasteiger partial charge is 0.388 e. The van der Waals surface area contributed by atoms with Crippen molar-refractivity contribution in [2.24, 2.45) is 0 Å². The van der Waals surface area contributed by atoms with E-state index >= 15 is 0 Å². The van der Waals surface area contributed by atoms with Crippen molar-refractivity contribution < 1.29 is 37.9 Å². The zero-order valence-corrected chi connectivity index (χ0v) is 23.2. The molecule has 4 aromatic rings. The molecule has 0 aliphatic heterocycles. The Labute approximate surface area is 245 Å². The predicted molar refractivity (Wildman–Crippen MR) is 154 cm³/mol. The lowest BCUT2D eigenvalue weighted by Crippen LogP contribution is -2.49. The lowest BCUT2D eigenvalue weighted by atomic mass is 10.0. The van der Waals surface area contributed by atoms with Gasteiger partial charge in [-0.3, -0.25) is 0 Å². The Morgan fingerprint density at radius 3 is 1.24 bits per heavy atom. The number of ether oxygens (including phenoxy) is 4. The molecule has 4 aromatic carbocycles. The van der Waals surface area contributed by atoms with Crippen LogP contribution < -0.4 is 0 Å². The zero-order chi connectivity index (χ0) is 29.6. The monoisotopic (exact) mass is 578 g/mol. The van der Waals surface area contributed by atoms with Crippen LogP contribution in [-0.4, -0.2) is 47.8 Å². The quantitative estimate of drug-likeness (QED) is 0.170. The third kappa shape index (κ3) is 10.4. The molecule has 0 aromatic heterocycles. The van der Waals surface area contributed by atoms with Crippen molar-refractivity contribution in [1.29, 1.82) is 0 Å². The molecule has 0 saturated heterocycles. The molecule has 0 heterocycles. The molecule has 0 aliphatic rings. The van der Waals surface area contributed by atoms with Crippen molar-refractivity contribution in [3.63, 3.8) is 0 Å². The maximum atomic E-state index is 13.7. The average Bonchev–Trinajstić information content (AvgIpc) is 3.01. The van der Waals surface area contributed by atoms with Crippen LogP contribution >= 0.6 is 0 Å². The highest BCUT2D eigenvalue weighted by molar-refractivity contribution is 5.17. The van der Waals surface area contributed by atoms with Crippen LogP contribution in [0.2, 0.25) is 0 Å². The Hall–Kier alpha value is -3.50. The number of aliphatic hydroxyl groups excluding tert-OH is 2. The Balaban J connectivity index is 1.45. The first-order chi connectivity index (χ1) is 20.5. The summed E-state index contributed by atoms with van der Waals surface area (Å²) >= 11 is 0. The fourth-order valence-corrected chi connectivity index (χ4v) is 4.32. The molecule has 0 amide bonds. The first-order valence-corrected chi connectivity index (χ1v) is 13.8. The SMILES string of the molecule is O[C@@H]([C@H](O)[C@@H](COCc1ccccc1)OCc1cccc(F)c1)[C@@H](COCc1ccccc1)OCc1cccc(F)c1. The van der Waals surface area contributed by atoms with Crippen molar-refractivity contribution in [1.82, 2.24) is 0 Å². The number of hydrogen-bond acceptors (Lipinski definition) is 6. The van der Waals surface area contributed by atoms with Crippen molar-refractivity contribution in [3.05, 3.63) is 143 Å². The maximum Gasteiger partial charge on any atom is 0.123 e. The molecule has 4 atom stereocenters. The first-order valence-electron chi connectivity index (χ1n) is 13.8. The van der Waals surface area contributed by atoms with E-state index in [1.807, 2.05) is 60.7 Å². The lowest BCUT2D eigenvalue weighted by Gasteiger charge is -2.32. The first kappa shape index (κ1) is 31.4. The van der Waals surface area contributed by atoms with Gasteiger partial charge in [0, 0.05) is 0 Å². The van der Waals surface area contributed by atoms with E-state index in [9.17, 15) is 19.0 Å². The predicted octanol–water partition coefficient (Wildman–Crippen LogP) is 5.59. The van der Waals surface area contributed by atoms with E-state index in [1.54, 1.807) is 24.3 Å². The number of halogens is 2. The van der Waals surface area contributed by atoms with Crippen LogP contribution in [0.25, 0.3) is 0 Å². The third-order valence-electron chi connectivity index (χ3n) is 6.61. The summed E-state index contributed by atoms with van der Waals surface area (Å²) in [7, 11) is 0. The van der Waals surface area contributed by atoms with E-state index < -0.39 is 36.1 Å². The summed E-state index contributed by atoms with van der Waals surface area (Å²) in [6, 6.07) is 30.9. The van der Waals surface area contributed by atoms with Gasteiger partial charge in [-0.1, -0.05) is 84.9 Å². The van der Waals surface area contributed by atoms with E-state index in [0.717, 1.165) is 11.1 Å². The fraction of sp³-hybridized carbons (Fsp3) is 0.294. The van der Waals surface area contributed by atoms with Gasteiger partial charge in [0.1, 0.15) is 36.1 Å². The van der Waals surface area contributed by atoms with E-state index in [2.05, 4.69) is 0 Å². The van der Waals surface area contributed by atoms with Crippen LogP contribution in [0.4, 0.5) is 8.78 Å². The Kier molecular flexibility index (Phi) is 12.6. The number of aliphatic hydroxyl groups is 2. The van der Waals surface area contributed by atoms with Crippen molar-refractivity contribution in [2.45, 2.75) is 50.8 Å². The van der Waals surface area contributed by atoms with Crippen LogP contribution in [-0.2, 0) is 45.4 Å². The van der Waals surface area contributed by atoms with E-state index in [4.69, 9.17) is 18.9 Å². The molecule has 0 aliphatic carbocycles. The highest BCUT2D eigenvalue weighted by atomic mass is 19.1. The second kappa shape index (κ2) is 16.8. The molecular formula is C34H36F2O6. The van der Waals surface area contributed by atoms with Gasteiger partial charge in [0.05, 0.1) is 39.6 Å². The van der Waals surface area contributed by atoms with Gasteiger partial charge in [-0.05, 0) is 46.5 Å². The highest BCUT2D eigenvalue weighted by Crippen LogP contribution is 2.18. The fourth-order valence-electron chi connectivity index (χ4n) is 4.32. The van der Waals surface area contributed by atoms with E-state index in [1.165, 1.54) is 24.3 Å². The minimum Gasteiger partial charge on any atom is -0.388 e. The summed E-state index contributed by atoms with van der Waals surface area (Å²) in [5.74, 6) is -0.815. The van der Waals surface area contributed by atoms with E-state index in [-0.39, 0.29) is 39.6 Å². The van der Waals surface area contributed by atoms with Gasteiger partial charge in [0.15, 0.2) is 0 Å². The summed E-state index contributed by atoms with van der Waals surface area (Å²) in [6.45, 7) is 0.403. The van der Waals surface area contributed by atoms with Gasteiger partial charge in [-0.2, -0.15) is 0 Å². The Bertz CT molecular complexity index is 1220. The molecule has 222 valence electrons. The highest BCUT2D eigenvalue weighted by Gasteiger charge is 2.34. The maximum absolute atomic E-state index is 13.7. The normalized spacial score (nSPS) is 14.3. The molecule has 4 rings (SSSR count). The smallest absolute Gasteiger partial charge is 0.123 e. The van der Waals surface area contributed by atoms with Gasteiger partial charge in [0.25, 0.3) is 0 Å². The molecule has 0 radical (unpaired) electrons. The standard InChI is InChI=1S/C34H36F2O6/c35-29-15-7-13-27(17-29)21-41-31(23-39-19-25-9-3-1-4-10-25)33(37)34(38)32(24-40-20-26-11-5-2-6-12-26)42-22-28-14-8-16-30(36)18-28/h1-18,31-34,37-38H,19-24H2/t31-,32-,33-,34-/m1/s1. The second-order valence-electron chi connectivity index (χ2n) is 9.94. The minimum absolute atomic E-state index is 0.0137. The summed E-state index contributed by atoms with van der Waals surface area (Å²) in [5, 5.41) is 22.6. The van der Waals surface area contributed by atoms with Crippen molar-refractivity contribution in [2.75, 3.05) is 13.2 Å². The molecule has 0 fully saturated rings. The molecular weight excluding hydrogens is 542 g/mol. The lowest BCUT2D eigenvalue weighted by molar-refractivity contribution is -0.170. The molecule has 42 heavy (non-hydrogen) atoms. The number of benzene rings is 4. The van der Waals surface area contributed by atoms with Crippen LogP contribution in [0, 0.1) is 11.6 Å². The van der Waals surface area contributed by atoms with Crippen LogP contribution in [0.5, 0.6) is 0 Å². The van der Waals surface area contributed by atoms with E-state index in [0.29, 0.717) is 11.1 Å². The molecule has 6 nitrogen and oxygen atoms in total. The Morgan fingerprint density at radius 2 is 0.857 bits per heavy atom. The number of hydrogen-bond donors (Lipinski definition) is 2. The third-order valence-corrected chi connectivity index (χ3v) is 6.61. The second-order valence-corrected chi connectivity index (χ2v) is 9.94. The number of rotatable bonds is 17. The Morgan fingerprint density at radius 1 is 0.476 bits per heavy atom. The summed E-state index contributed by atoms with van der Waals surface area (Å²) in [4.78, 5) is 0. The topological polar surface area (TPSA) is 77.4 Å². The molecule has 2 N–H and O–H groups in total. The summed E-state index contributed by atoms with van der Waals surface area (Å²) < 4.78 is 51.1. The summed E-state index contributed by atoms with van der Waals surface area (Å²) in [6.07, 6.45) is -4.87. The average molecular weight is 579 g/mol. The molecule has 0 unspecified atom stereocenters. The molecule has 0 bridgehead atoms. The molecule has 0 spiro atoms. The van der Waals surface area contributed by atoms with Crippen LogP contribution in [0.1, 0.15) is 22.3 Å². The van der Waals surface area contributed by atoms with Crippen molar-refractivity contribution >= 4 is 0 Å². The van der Waals surface area contributed by atoms with Gasteiger partial charge >= 0.3 is 0 Å². The van der Waals surface area contributed by atoms with Gasteiger partial charge in [-0.15, -0.1) is 0 Å². The minimum atomic E-state index is -1.45. The molecule has 0 saturated carbocycles. The van der Waals surface area contributed by atoms with Gasteiger partial charge < -0.3 is 29.2 Å². The van der Waals surface area contributed by atoms with Gasteiger partial charge in [0.2, 0.25) is 0 Å². The van der Waals surface area contributed by atoms with Crippen molar-refractivity contribution in [3.8, 4) is 0 Å². The molecule has 8 heteroatoms. The van der Waals surface area contributed by atoms with Crippen LogP contribution in [0.15, 0.2) is 109 Å².